The summed E-state index contributed by atoms with van der Waals surface area (Å²) in [7, 11) is 0. The second-order valence-electron chi connectivity index (χ2n) is 6.22. The van der Waals surface area contributed by atoms with Gasteiger partial charge >= 0.3 is 0 Å². The fraction of sp³-hybridized carbons (Fsp3) is 0.526. The van der Waals surface area contributed by atoms with Gasteiger partial charge in [-0.15, -0.1) is 0 Å². The molecule has 0 aliphatic heterocycles. The number of hydrogen-bond acceptors (Lipinski definition) is 3. The lowest BCUT2D eigenvalue weighted by Gasteiger charge is -2.24. The van der Waals surface area contributed by atoms with Crippen molar-refractivity contribution in [1.29, 1.82) is 0 Å². The SMILES string of the molecule is CCN(Cc1c(C)nn(CC)c1C)CC(O)c1ccc(C)cc1. The summed E-state index contributed by atoms with van der Waals surface area (Å²) in [5, 5.41) is 15.1. The average Bonchev–Trinajstić information content (AvgIpc) is 2.81. The number of benzene rings is 1. The van der Waals surface area contributed by atoms with E-state index in [1.165, 1.54) is 16.8 Å². The maximum atomic E-state index is 10.5. The molecule has 0 saturated carbocycles. The maximum absolute atomic E-state index is 10.5. The summed E-state index contributed by atoms with van der Waals surface area (Å²) in [5.41, 5.74) is 5.80. The molecule has 1 N–H and O–H groups in total. The van der Waals surface area contributed by atoms with Crippen LogP contribution in [0.25, 0.3) is 0 Å². The Kier molecular flexibility index (Phi) is 5.97. The molecule has 2 rings (SSSR count). The van der Waals surface area contributed by atoms with Crippen LogP contribution >= 0.6 is 0 Å². The number of nitrogens with zero attached hydrogens (tertiary/aromatic N) is 3. The third-order valence-corrected chi connectivity index (χ3v) is 4.55. The summed E-state index contributed by atoms with van der Waals surface area (Å²) >= 11 is 0. The van der Waals surface area contributed by atoms with Crippen LogP contribution in [-0.2, 0) is 13.1 Å². The van der Waals surface area contributed by atoms with E-state index in [9.17, 15) is 5.11 Å². The van der Waals surface area contributed by atoms with Crippen LogP contribution in [0.15, 0.2) is 24.3 Å². The number of aryl methyl sites for hydroxylation is 3. The van der Waals surface area contributed by atoms with Crippen LogP contribution in [0.1, 0.15) is 48.0 Å². The number of aliphatic hydroxyl groups is 1. The molecule has 23 heavy (non-hydrogen) atoms. The van der Waals surface area contributed by atoms with Crippen LogP contribution in [-0.4, -0.2) is 32.9 Å². The summed E-state index contributed by atoms with van der Waals surface area (Å²) < 4.78 is 2.05. The molecule has 1 heterocycles. The van der Waals surface area contributed by atoms with Crippen LogP contribution in [0.2, 0.25) is 0 Å². The molecule has 4 nitrogen and oxygen atoms in total. The Labute approximate surface area is 139 Å². The Balaban J connectivity index is 2.08. The quantitative estimate of drug-likeness (QED) is 0.851. The first kappa shape index (κ1) is 17.7. The van der Waals surface area contributed by atoms with Crippen molar-refractivity contribution >= 4 is 0 Å². The van der Waals surface area contributed by atoms with Crippen molar-refractivity contribution in [3.8, 4) is 0 Å². The maximum Gasteiger partial charge on any atom is 0.0917 e. The summed E-state index contributed by atoms with van der Waals surface area (Å²) in [5.74, 6) is 0. The van der Waals surface area contributed by atoms with Crippen molar-refractivity contribution in [2.45, 2.75) is 53.8 Å². The minimum absolute atomic E-state index is 0.461. The highest BCUT2D eigenvalue weighted by molar-refractivity contribution is 5.25. The third kappa shape index (κ3) is 4.21. The van der Waals surface area contributed by atoms with Crippen LogP contribution < -0.4 is 0 Å². The normalized spacial score (nSPS) is 12.8. The van der Waals surface area contributed by atoms with Gasteiger partial charge in [0.1, 0.15) is 0 Å². The first-order valence-electron chi connectivity index (χ1n) is 8.46. The van der Waals surface area contributed by atoms with Crippen LogP contribution in [0.5, 0.6) is 0 Å². The molecule has 0 aliphatic carbocycles. The van der Waals surface area contributed by atoms with E-state index >= 15 is 0 Å². The number of hydrogen-bond donors (Lipinski definition) is 1. The highest BCUT2D eigenvalue weighted by Crippen LogP contribution is 2.19. The van der Waals surface area contributed by atoms with E-state index in [-0.39, 0.29) is 0 Å². The average molecular weight is 315 g/mol. The summed E-state index contributed by atoms with van der Waals surface area (Å²) in [6.07, 6.45) is -0.461. The van der Waals surface area contributed by atoms with E-state index in [4.69, 9.17) is 0 Å². The summed E-state index contributed by atoms with van der Waals surface area (Å²) in [6.45, 7) is 13.8. The molecule has 2 aromatic rings. The highest BCUT2D eigenvalue weighted by atomic mass is 16.3. The van der Waals surface area contributed by atoms with E-state index in [0.717, 1.165) is 30.9 Å². The molecule has 0 aliphatic rings. The van der Waals surface area contributed by atoms with Gasteiger partial charge in [-0.1, -0.05) is 36.8 Å². The van der Waals surface area contributed by atoms with Crippen molar-refractivity contribution in [1.82, 2.24) is 14.7 Å². The number of aliphatic hydroxyl groups excluding tert-OH is 1. The molecule has 0 spiro atoms. The molecule has 4 heteroatoms. The van der Waals surface area contributed by atoms with Crippen molar-refractivity contribution < 1.29 is 5.11 Å². The van der Waals surface area contributed by atoms with Gasteiger partial charge in [-0.25, -0.2) is 0 Å². The van der Waals surface area contributed by atoms with Gasteiger partial charge in [-0.2, -0.15) is 5.10 Å². The zero-order valence-corrected chi connectivity index (χ0v) is 15.0. The third-order valence-electron chi connectivity index (χ3n) is 4.55. The Bertz CT molecular complexity index is 631. The van der Waals surface area contributed by atoms with Gasteiger partial charge in [-0.05, 0) is 39.8 Å². The van der Waals surface area contributed by atoms with Crippen molar-refractivity contribution in [2.75, 3.05) is 13.1 Å². The standard InChI is InChI=1S/C19H29N3O/c1-6-21(12-18-15(4)20-22(7-2)16(18)5)13-19(23)17-10-8-14(3)9-11-17/h8-11,19,23H,6-7,12-13H2,1-5H3. The van der Waals surface area contributed by atoms with E-state index in [2.05, 4.69) is 61.4 Å². The smallest absolute Gasteiger partial charge is 0.0917 e. The van der Waals surface area contributed by atoms with Crippen LogP contribution in [0, 0.1) is 20.8 Å². The number of aromatic nitrogens is 2. The molecule has 0 bridgehead atoms. The van der Waals surface area contributed by atoms with E-state index in [0.29, 0.717) is 6.54 Å². The van der Waals surface area contributed by atoms with Crippen molar-refractivity contribution in [3.05, 3.63) is 52.3 Å². The zero-order valence-electron chi connectivity index (χ0n) is 15.0. The molecule has 126 valence electrons. The largest absolute Gasteiger partial charge is 0.387 e. The first-order valence-corrected chi connectivity index (χ1v) is 8.46. The lowest BCUT2D eigenvalue weighted by molar-refractivity contribution is 0.112. The minimum Gasteiger partial charge on any atom is -0.387 e. The fourth-order valence-corrected chi connectivity index (χ4v) is 2.94. The lowest BCUT2D eigenvalue weighted by atomic mass is 10.1. The zero-order chi connectivity index (χ0) is 17.0. The molecule has 1 unspecified atom stereocenters. The van der Waals surface area contributed by atoms with Gasteiger partial charge < -0.3 is 5.11 Å². The molecule has 0 radical (unpaired) electrons. The van der Waals surface area contributed by atoms with Gasteiger partial charge in [-0.3, -0.25) is 9.58 Å². The summed E-state index contributed by atoms with van der Waals surface area (Å²) in [6, 6.07) is 8.13. The van der Waals surface area contributed by atoms with Crippen molar-refractivity contribution in [2.24, 2.45) is 0 Å². The monoisotopic (exact) mass is 315 g/mol. The van der Waals surface area contributed by atoms with E-state index in [1.807, 2.05) is 12.1 Å². The molecule has 0 fully saturated rings. The molecule has 1 aromatic heterocycles. The Morgan fingerprint density at radius 3 is 2.30 bits per heavy atom. The van der Waals surface area contributed by atoms with Gasteiger partial charge in [0.25, 0.3) is 0 Å². The molecule has 1 atom stereocenters. The van der Waals surface area contributed by atoms with Crippen LogP contribution in [0.4, 0.5) is 0 Å². The van der Waals surface area contributed by atoms with E-state index < -0.39 is 6.10 Å². The predicted molar refractivity (Wildman–Crippen MR) is 94.5 cm³/mol. The second-order valence-corrected chi connectivity index (χ2v) is 6.22. The topological polar surface area (TPSA) is 41.3 Å². The predicted octanol–water partition coefficient (Wildman–Crippen LogP) is 3.38. The number of likely N-dealkylation sites (N-methyl/N-ethyl adjacent to an activating group) is 1. The summed E-state index contributed by atoms with van der Waals surface area (Å²) in [4.78, 5) is 2.28. The molecular weight excluding hydrogens is 286 g/mol. The Hall–Kier alpha value is -1.65. The Morgan fingerprint density at radius 1 is 1.13 bits per heavy atom. The number of rotatable bonds is 7. The lowest BCUT2D eigenvalue weighted by Crippen LogP contribution is -2.28. The fourth-order valence-electron chi connectivity index (χ4n) is 2.94. The van der Waals surface area contributed by atoms with Gasteiger partial charge in [0.15, 0.2) is 0 Å². The van der Waals surface area contributed by atoms with E-state index in [1.54, 1.807) is 0 Å². The molecular formula is C19H29N3O. The Morgan fingerprint density at radius 2 is 1.78 bits per heavy atom. The van der Waals surface area contributed by atoms with Crippen molar-refractivity contribution in [3.63, 3.8) is 0 Å². The highest BCUT2D eigenvalue weighted by Gasteiger charge is 2.17. The van der Waals surface area contributed by atoms with Gasteiger partial charge in [0.05, 0.1) is 11.8 Å². The minimum atomic E-state index is -0.461. The molecule has 1 aromatic carbocycles. The molecule has 0 amide bonds. The first-order chi connectivity index (χ1) is 11.0. The second kappa shape index (κ2) is 7.75. The van der Waals surface area contributed by atoms with Gasteiger partial charge in [0.2, 0.25) is 0 Å². The molecule has 0 saturated heterocycles. The van der Waals surface area contributed by atoms with Gasteiger partial charge in [0, 0.05) is 30.9 Å². The van der Waals surface area contributed by atoms with Crippen LogP contribution in [0.3, 0.4) is 0 Å².